The SMILES string of the molecule is NC(=O)N1CCC[C@@H]1CN1CCCC1. The molecule has 2 fully saturated rings. The van der Waals surface area contributed by atoms with Crippen LogP contribution < -0.4 is 5.73 Å². The number of amides is 2. The van der Waals surface area contributed by atoms with Crippen molar-refractivity contribution in [3.63, 3.8) is 0 Å². The highest BCUT2D eigenvalue weighted by molar-refractivity contribution is 5.72. The largest absolute Gasteiger partial charge is 0.351 e. The molecule has 0 spiro atoms. The molecule has 2 aliphatic heterocycles. The lowest BCUT2D eigenvalue weighted by atomic mass is 10.2. The van der Waals surface area contributed by atoms with Crippen LogP contribution in [0, 0.1) is 0 Å². The molecule has 0 aromatic heterocycles. The van der Waals surface area contributed by atoms with Crippen LogP contribution in [0.2, 0.25) is 0 Å². The molecule has 0 bridgehead atoms. The molecule has 2 aliphatic rings. The summed E-state index contributed by atoms with van der Waals surface area (Å²) >= 11 is 0. The van der Waals surface area contributed by atoms with Gasteiger partial charge in [-0.2, -0.15) is 0 Å². The topological polar surface area (TPSA) is 49.6 Å². The number of hydrogen-bond donors (Lipinski definition) is 1. The van der Waals surface area contributed by atoms with Crippen LogP contribution >= 0.6 is 0 Å². The molecule has 4 nitrogen and oxygen atoms in total. The maximum atomic E-state index is 11.1. The number of carbonyl (C=O) groups excluding carboxylic acids is 1. The lowest BCUT2D eigenvalue weighted by molar-refractivity contribution is 0.183. The zero-order chi connectivity index (χ0) is 9.97. The second-order valence-corrected chi connectivity index (χ2v) is 4.34. The third kappa shape index (κ3) is 2.00. The Morgan fingerprint density at radius 2 is 1.93 bits per heavy atom. The summed E-state index contributed by atoms with van der Waals surface area (Å²) in [6, 6.07) is 0.136. The highest BCUT2D eigenvalue weighted by atomic mass is 16.2. The summed E-state index contributed by atoms with van der Waals surface area (Å²) in [6.07, 6.45) is 4.85. The average molecular weight is 197 g/mol. The summed E-state index contributed by atoms with van der Waals surface area (Å²) in [5.41, 5.74) is 5.33. The lowest BCUT2D eigenvalue weighted by Gasteiger charge is -2.26. The van der Waals surface area contributed by atoms with E-state index in [0.29, 0.717) is 6.04 Å². The Bertz CT molecular complexity index is 213. The van der Waals surface area contributed by atoms with Crippen molar-refractivity contribution in [2.45, 2.75) is 31.7 Å². The number of carbonyl (C=O) groups is 1. The molecule has 0 aliphatic carbocycles. The van der Waals surface area contributed by atoms with E-state index in [4.69, 9.17) is 5.73 Å². The van der Waals surface area contributed by atoms with Gasteiger partial charge in [0.05, 0.1) is 0 Å². The van der Waals surface area contributed by atoms with Gasteiger partial charge in [-0.3, -0.25) is 0 Å². The van der Waals surface area contributed by atoms with Crippen LogP contribution in [-0.2, 0) is 0 Å². The van der Waals surface area contributed by atoms with E-state index in [0.717, 1.165) is 25.9 Å². The van der Waals surface area contributed by atoms with Crippen molar-refractivity contribution in [3.05, 3.63) is 0 Å². The second-order valence-electron chi connectivity index (χ2n) is 4.34. The van der Waals surface area contributed by atoms with Crippen molar-refractivity contribution in [1.82, 2.24) is 9.80 Å². The first kappa shape index (κ1) is 9.77. The van der Waals surface area contributed by atoms with E-state index >= 15 is 0 Å². The third-order valence-electron chi connectivity index (χ3n) is 3.33. The molecule has 2 rings (SSSR count). The first-order valence-corrected chi connectivity index (χ1v) is 5.56. The first-order chi connectivity index (χ1) is 6.77. The van der Waals surface area contributed by atoms with Gasteiger partial charge in [0.2, 0.25) is 0 Å². The maximum absolute atomic E-state index is 11.1. The molecule has 14 heavy (non-hydrogen) atoms. The van der Waals surface area contributed by atoms with Crippen LogP contribution in [0.25, 0.3) is 0 Å². The Kier molecular flexibility index (Phi) is 2.91. The fraction of sp³-hybridized carbons (Fsp3) is 0.900. The normalized spacial score (nSPS) is 28.6. The molecule has 2 heterocycles. The van der Waals surface area contributed by atoms with Crippen LogP contribution in [0.1, 0.15) is 25.7 Å². The van der Waals surface area contributed by atoms with Gasteiger partial charge in [0, 0.05) is 19.1 Å². The van der Waals surface area contributed by atoms with E-state index < -0.39 is 0 Å². The van der Waals surface area contributed by atoms with Crippen molar-refractivity contribution < 1.29 is 4.79 Å². The van der Waals surface area contributed by atoms with Gasteiger partial charge in [-0.25, -0.2) is 4.79 Å². The minimum atomic E-state index is -0.244. The fourth-order valence-electron chi connectivity index (χ4n) is 2.58. The standard InChI is InChI=1S/C10H19N3O/c11-10(14)13-7-3-4-9(13)8-12-5-1-2-6-12/h9H,1-8H2,(H2,11,14)/t9-/m1/s1. The Balaban J connectivity index is 1.86. The number of rotatable bonds is 2. The number of primary amides is 1. The Morgan fingerprint density at radius 3 is 2.57 bits per heavy atom. The van der Waals surface area contributed by atoms with Crippen molar-refractivity contribution in [2.24, 2.45) is 5.73 Å². The van der Waals surface area contributed by atoms with E-state index in [1.807, 2.05) is 4.90 Å². The summed E-state index contributed by atoms with van der Waals surface area (Å²) in [7, 11) is 0. The third-order valence-corrected chi connectivity index (χ3v) is 3.33. The highest BCUT2D eigenvalue weighted by Gasteiger charge is 2.29. The van der Waals surface area contributed by atoms with Gasteiger partial charge in [0.25, 0.3) is 0 Å². The Labute approximate surface area is 85.0 Å². The molecular weight excluding hydrogens is 178 g/mol. The number of nitrogens with two attached hydrogens (primary N) is 1. The molecule has 0 unspecified atom stereocenters. The van der Waals surface area contributed by atoms with Gasteiger partial charge in [0.1, 0.15) is 0 Å². The fourth-order valence-corrected chi connectivity index (χ4v) is 2.58. The average Bonchev–Trinajstić information content (AvgIpc) is 2.75. The molecule has 80 valence electrons. The van der Waals surface area contributed by atoms with Crippen LogP contribution in [-0.4, -0.2) is 48.1 Å². The van der Waals surface area contributed by atoms with Gasteiger partial charge >= 0.3 is 6.03 Å². The molecule has 0 radical (unpaired) electrons. The van der Waals surface area contributed by atoms with E-state index in [2.05, 4.69) is 4.90 Å². The zero-order valence-corrected chi connectivity index (χ0v) is 8.61. The van der Waals surface area contributed by atoms with Crippen molar-refractivity contribution in [2.75, 3.05) is 26.2 Å². The Morgan fingerprint density at radius 1 is 1.21 bits per heavy atom. The van der Waals surface area contributed by atoms with Crippen LogP contribution in [0.3, 0.4) is 0 Å². The Hall–Kier alpha value is -0.770. The summed E-state index contributed by atoms with van der Waals surface area (Å²) in [4.78, 5) is 15.4. The zero-order valence-electron chi connectivity index (χ0n) is 8.61. The molecule has 4 heteroatoms. The number of nitrogens with zero attached hydrogens (tertiary/aromatic N) is 2. The molecule has 2 saturated heterocycles. The molecule has 1 atom stereocenters. The maximum Gasteiger partial charge on any atom is 0.315 e. The molecular formula is C10H19N3O. The molecule has 0 aromatic carbocycles. The predicted octanol–water partition coefficient (Wildman–Crippen LogP) is 0.625. The lowest BCUT2D eigenvalue weighted by Crippen LogP contribution is -2.44. The summed E-state index contributed by atoms with van der Waals surface area (Å²) in [6.45, 7) is 4.28. The summed E-state index contributed by atoms with van der Waals surface area (Å²) in [5.74, 6) is 0. The van der Waals surface area contributed by atoms with Gasteiger partial charge in [-0.15, -0.1) is 0 Å². The second kappa shape index (κ2) is 4.17. The highest BCUT2D eigenvalue weighted by Crippen LogP contribution is 2.19. The van der Waals surface area contributed by atoms with Gasteiger partial charge in [-0.1, -0.05) is 0 Å². The first-order valence-electron chi connectivity index (χ1n) is 5.56. The van der Waals surface area contributed by atoms with Crippen molar-refractivity contribution >= 4 is 6.03 Å². The van der Waals surface area contributed by atoms with Crippen LogP contribution in [0.4, 0.5) is 4.79 Å². The van der Waals surface area contributed by atoms with Crippen LogP contribution in [0.15, 0.2) is 0 Å². The number of likely N-dealkylation sites (tertiary alicyclic amines) is 2. The minimum absolute atomic E-state index is 0.244. The monoisotopic (exact) mass is 197 g/mol. The van der Waals surface area contributed by atoms with Crippen molar-refractivity contribution in [1.29, 1.82) is 0 Å². The van der Waals surface area contributed by atoms with Crippen LogP contribution in [0.5, 0.6) is 0 Å². The van der Waals surface area contributed by atoms with Gasteiger partial charge in [0.15, 0.2) is 0 Å². The number of urea groups is 1. The van der Waals surface area contributed by atoms with Crippen molar-refractivity contribution in [3.8, 4) is 0 Å². The van der Waals surface area contributed by atoms with Gasteiger partial charge in [-0.05, 0) is 38.8 Å². The summed E-state index contributed by atoms with van der Waals surface area (Å²) < 4.78 is 0. The smallest absolute Gasteiger partial charge is 0.315 e. The van der Waals surface area contributed by atoms with E-state index in [1.165, 1.54) is 25.9 Å². The summed E-state index contributed by atoms with van der Waals surface area (Å²) in [5, 5.41) is 0. The predicted molar refractivity (Wildman–Crippen MR) is 55.0 cm³/mol. The molecule has 0 aromatic rings. The molecule has 2 amide bonds. The minimum Gasteiger partial charge on any atom is -0.351 e. The molecule has 0 saturated carbocycles. The van der Waals surface area contributed by atoms with E-state index in [9.17, 15) is 4.79 Å². The quantitative estimate of drug-likeness (QED) is 0.705. The number of hydrogen-bond acceptors (Lipinski definition) is 2. The van der Waals surface area contributed by atoms with E-state index in [-0.39, 0.29) is 6.03 Å². The molecule has 2 N–H and O–H groups in total. The van der Waals surface area contributed by atoms with Gasteiger partial charge < -0.3 is 15.5 Å². The van der Waals surface area contributed by atoms with E-state index in [1.54, 1.807) is 0 Å².